The molecule has 0 bridgehead atoms. The lowest BCUT2D eigenvalue weighted by Gasteiger charge is -1.99. The van der Waals surface area contributed by atoms with E-state index < -0.39 is 0 Å². The Morgan fingerprint density at radius 2 is 2.25 bits per heavy atom. The average Bonchev–Trinajstić information content (AvgIpc) is 2.77. The van der Waals surface area contributed by atoms with Crippen LogP contribution in [-0.4, -0.2) is 16.3 Å². The molecule has 0 amide bonds. The van der Waals surface area contributed by atoms with Crippen molar-refractivity contribution in [1.29, 1.82) is 0 Å². The summed E-state index contributed by atoms with van der Waals surface area (Å²) in [6.07, 6.45) is 0.877. The van der Waals surface area contributed by atoms with Gasteiger partial charge in [0, 0.05) is 19.2 Å². The topological polar surface area (TPSA) is 43.8 Å². The molecular weight excluding hydrogens is 286 g/mol. The number of halogens is 1. The Bertz CT molecular complexity index is 501. The molecule has 0 aliphatic heterocycles. The first-order chi connectivity index (χ1) is 7.63. The second-order valence-electron chi connectivity index (χ2n) is 3.69. The van der Waals surface area contributed by atoms with E-state index in [1.54, 1.807) is 11.3 Å². The number of rotatable bonds is 3. The minimum absolute atomic E-state index is 0.661. The minimum atomic E-state index is 0.661. The van der Waals surface area contributed by atoms with Crippen LogP contribution in [0.25, 0.3) is 10.6 Å². The smallest absolute Gasteiger partial charge is 0.105 e. The summed E-state index contributed by atoms with van der Waals surface area (Å²) >= 11 is 5.18. The molecule has 3 nitrogen and oxygen atoms in total. The number of aryl methyl sites for hydroxylation is 1. The van der Waals surface area contributed by atoms with Crippen molar-refractivity contribution < 1.29 is 0 Å². The molecule has 0 fully saturated rings. The molecule has 0 aliphatic rings. The van der Waals surface area contributed by atoms with Crippen molar-refractivity contribution in [3.63, 3.8) is 0 Å². The standard InChI is InChI=1S/C11H14BrN3S/c1-7-8(5-6-13)15(2)14-11(7)9-3-4-10(12)16-9/h3-4H,5-6,13H2,1-2H3. The van der Waals surface area contributed by atoms with Gasteiger partial charge in [-0.2, -0.15) is 5.10 Å². The van der Waals surface area contributed by atoms with E-state index in [4.69, 9.17) is 5.73 Å². The van der Waals surface area contributed by atoms with Gasteiger partial charge in [-0.1, -0.05) is 0 Å². The van der Waals surface area contributed by atoms with Gasteiger partial charge in [0.25, 0.3) is 0 Å². The van der Waals surface area contributed by atoms with Gasteiger partial charge in [-0.05, 0) is 47.1 Å². The van der Waals surface area contributed by atoms with Gasteiger partial charge in [0.15, 0.2) is 0 Å². The molecule has 0 radical (unpaired) electrons. The zero-order chi connectivity index (χ0) is 11.7. The molecule has 0 aliphatic carbocycles. The van der Waals surface area contributed by atoms with Gasteiger partial charge >= 0.3 is 0 Å². The zero-order valence-electron chi connectivity index (χ0n) is 9.33. The van der Waals surface area contributed by atoms with Crippen LogP contribution in [0.3, 0.4) is 0 Å². The number of nitrogens with two attached hydrogens (primary N) is 1. The van der Waals surface area contributed by atoms with Gasteiger partial charge in [-0.15, -0.1) is 11.3 Å². The second-order valence-corrected chi connectivity index (χ2v) is 6.15. The molecule has 0 aromatic carbocycles. The van der Waals surface area contributed by atoms with Crippen molar-refractivity contribution in [3.8, 4) is 10.6 Å². The van der Waals surface area contributed by atoms with Crippen LogP contribution in [0.1, 0.15) is 11.3 Å². The molecule has 0 spiro atoms. The van der Waals surface area contributed by atoms with Crippen molar-refractivity contribution in [1.82, 2.24) is 9.78 Å². The number of hydrogen-bond donors (Lipinski definition) is 1. The highest BCUT2D eigenvalue weighted by molar-refractivity contribution is 9.11. The molecule has 2 aromatic heterocycles. The van der Waals surface area contributed by atoms with Gasteiger partial charge < -0.3 is 5.73 Å². The van der Waals surface area contributed by atoms with Crippen LogP contribution in [0, 0.1) is 6.92 Å². The molecule has 0 saturated heterocycles. The van der Waals surface area contributed by atoms with Crippen LogP contribution in [0.4, 0.5) is 0 Å². The molecule has 0 unspecified atom stereocenters. The Morgan fingerprint density at radius 3 is 2.81 bits per heavy atom. The van der Waals surface area contributed by atoms with Crippen LogP contribution < -0.4 is 5.73 Å². The second kappa shape index (κ2) is 4.69. The van der Waals surface area contributed by atoms with Gasteiger partial charge in [-0.3, -0.25) is 4.68 Å². The van der Waals surface area contributed by atoms with Gasteiger partial charge in [0.1, 0.15) is 5.69 Å². The maximum atomic E-state index is 5.60. The van der Waals surface area contributed by atoms with Gasteiger partial charge in [0.05, 0.1) is 8.66 Å². The van der Waals surface area contributed by atoms with E-state index in [1.165, 1.54) is 16.1 Å². The molecule has 2 N–H and O–H groups in total. The number of thiophene rings is 1. The summed E-state index contributed by atoms with van der Waals surface area (Å²) < 4.78 is 3.07. The largest absolute Gasteiger partial charge is 0.330 e. The quantitative estimate of drug-likeness (QED) is 0.947. The van der Waals surface area contributed by atoms with E-state index in [0.29, 0.717) is 6.54 Å². The molecule has 0 saturated carbocycles. The molecular formula is C11H14BrN3S. The molecule has 2 heterocycles. The summed E-state index contributed by atoms with van der Waals surface area (Å²) in [6, 6.07) is 4.15. The average molecular weight is 300 g/mol. The van der Waals surface area contributed by atoms with E-state index in [9.17, 15) is 0 Å². The molecule has 86 valence electrons. The van der Waals surface area contributed by atoms with Crippen LogP contribution >= 0.6 is 27.3 Å². The Labute approximate surface area is 107 Å². The molecule has 0 atom stereocenters. The van der Waals surface area contributed by atoms with E-state index >= 15 is 0 Å². The summed E-state index contributed by atoms with van der Waals surface area (Å²) in [6.45, 7) is 2.77. The maximum Gasteiger partial charge on any atom is 0.105 e. The highest BCUT2D eigenvalue weighted by Gasteiger charge is 2.14. The van der Waals surface area contributed by atoms with Crippen LogP contribution in [0.5, 0.6) is 0 Å². The van der Waals surface area contributed by atoms with Crippen LogP contribution in [0.15, 0.2) is 15.9 Å². The van der Waals surface area contributed by atoms with Crippen molar-refractivity contribution in [2.45, 2.75) is 13.3 Å². The molecule has 16 heavy (non-hydrogen) atoms. The monoisotopic (exact) mass is 299 g/mol. The minimum Gasteiger partial charge on any atom is -0.330 e. The fourth-order valence-electron chi connectivity index (χ4n) is 1.83. The summed E-state index contributed by atoms with van der Waals surface area (Å²) in [7, 11) is 1.98. The molecule has 5 heteroatoms. The Kier molecular flexibility index (Phi) is 3.47. The molecule has 2 rings (SSSR count). The van der Waals surface area contributed by atoms with Crippen molar-refractivity contribution in [2.24, 2.45) is 12.8 Å². The first kappa shape index (κ1) is 11.8. The third-order valence-electron chi connectivity index (χ3n) is 2.62. The normalized spacial score (nSPS) is 11.0. The lowest BCUT2D eigenvalue weighted by Crippen LogP contribution is -2.08. The van der Waals surface area contributed by atoms with Crippen LogP contribution in [0.2, 0.25) is 0 Å². The van der Waals surface area contributed by atoms with Crippen molar-refractivity contribution in [2.75, 3.05) is 6.54 Å². The molecule has 2 aromatic rings. The lowest BCUT2D eigenvalue weighted by molar-refractivity contribution is 0.706. The first-order valence-electron chi connectivity index (χ1n) is 5.11. The lowest BCUT2D eigenvalue weighted by atomic mass is 10.1. The Morgan fingerprint density at radius 1 is 1.50 bits per heavy atom. The predicted octanol–water partition coefficient (Wildman–Crippen LogP) is 2.72. The summed E-state index contributed by atoms with van der Waals surface area (Å²) in [5.74, 6) is 0. The van der Waals surface area contributed by atoms with Crippen molar-refractivity contribution >= 4 is 27.3 Å². The van der Waals surface area contributed by atoms with E-state index in [1.807, 2.05) is 11.7 Å². The number of hydrogen-bond acceptors (Lipinski definition) is 3. The summed E-state index contributed by atoms with van der Waals surface area (Å²) in [4.78, 5) is 1.20. The number of nitrogens with zero attached hydrogens (tertiary/aromatic N) is 2. The third kappa shape index (κ3) is 2.07. The first-order valence-corrected chi connectivity index (χ1v) is 6.72. The predicted molar refractivity (Wildman–Crippen MR) is 71.7 cm³/mol. The highest BCUT2D eigenvalue weighted by atomic mass is 79.9. The van der Waals surface area contributed by atoms with E-state index in [0.717, 1.165) is 15.9 Å². The third-order valence-corrected chi connectivity index (χ3v) is 4.25. The summed E-state index contributed by atoms with van der Waals surface area (Å²) in [5.41, 5.74) is 9.14. The maximum absolute atomic E-state index is 5.60. The van der Waals surface area contributed by atoms with Gasteiger partial charge in [-0.25, -0.2) is 0 Å². The summed E-state index contributed by atoms with van der Waals surface area (Å²) in [5, 5.41) is 4.56. The van der Waals surface area contributed by atoms with Crippen molar-refractivity contribution in [3.05, 3.63) is 27.2 Å². The fourth-order valence-corrected chi connectivity index (χ4v) is 3.25. The van der Waals surface area contributed by atoms with Crippen LogP contribution in [-0.2, 0) is 13.5 Å². The van der Waals surface area contributed by atoms with E-state index in [-0.39, 0.29) is 0 Å². The SMILES string of the molecule is Cc1c(-c2ccc(Br)s2)nn(C)c1CCN. The van der Waals surface area contributed by atoms with Gasteiger partial charge in [0.2, 0.25) is 0 Å². The highest BCUT2D eigenvalue weighted by Crippen LogP contribution is 2.33. The fraction of sp³-hybridized carbons (Fsp3) is 0.364. The Hall–Kier alpha value is -0.650. The zero-order valence-corrected chi connectivity index (χ0v) is 11.7. The Balaban J connectivity index is 2.46. The number of aromatic nitrogens is 2. The van der Waals surface area contributed by atoms with E-state index in [2.05, 4.69) is 40.1 Å².